The number of rotatable bonds is 6. The summed E-state index contributed by atoms with van der Waals surface area (Å²) in [5, 5.41) is 8.38. The number of piperazine rings is 1. The molecule has 2 atom stereocenters. The number of nitrogens with zero attached hydrogens (tertiary/aromatic N) is 2. The van der Waals surface area contributed by atoms with Gasteiger partial charge in [0.25, 0.3) is 0 Å². The smallest absolute Gasteiger partial charge is 0.304 e. The first-order valence-corrected chi connectivity index (χ1v) is 7.37. The summed E-state index contributed by atoms with van der Waals surface area (Å²) in [4.78, 5) is 15.1. The second kappa shape index (κ2) is 7.08. The second-order valence-corrected chi connectivity index (χ2v) is 6.61. The molecule has 17 heavy (non-hydrogen) atoms. The van der Waals surface area contributed by atoms with Crippen LogP contribution in [0.15, 0.2) is 0 Å². The Bertz CT molecular complexity index is 278. The summed E-state index contributed by atoms with van der Waals surface area (Å²) in [6.07, 6.45) is -0.00461. The molecule has 0 aromatic carbocycles. The number of aliphatic carboxylic acids is 1. The summed E-state index contributed by atoms with van der Waals surface area (Å²) in [7, 11) is 1.07. The van der Waals surface area contributed by atoms with Gasteiger partial charge in [0.1, 0.15) is 0 Å². The lowest BCUT2D eigenvalue weighted by molar-refractivity contribution is -0.136. The van der Waals surface area contributed by atoms with Crippen LogP contribution in [0.1, 0.15) is 13.3 Å². The highest BCUT2D eigenvalue weighted by molar-refractivity contribution is 7.85. The van der Waals surface area contributed by atoms with Gasteiger partial charge in [-0.25, -0.2) is 0 Å². The second-order valence-electron chi connectivity index (χ2n) is 4.64. The Hall–Kier alpha value is -0.460. The normalized spacial score (nSPS) is 22.2. The summed E-state index contributed by atoms with van der Waals surface area (Å²) < 4.78 is 11.8. The van der Waals surface area contributed by atoms with Crippen molar-refractivity contribution in [2.24, 2.45) is 0 Å². The molecule has 0 aromatic heterocycles. The molecule has 0 saturated carbocycles. The molecule has 1 aliphatic heterocycles. The Morgan fingerprint density at radius 3 is 2.47 bits per heavy atom. The zero-order valence-electron chi connectivity index (χ0n) is 10.6. The van der Waals surface area contributed by atoms with Gasteiger partial charge in [0.2, 0.25) is 0 Å². The molecule has 1 saturated heterocycles. The Labute approximate surface area is 105 Å². The lowest BCUT2D eigenvalue weighted by Gasteiger charge is -2.32. The van der Waals surface area contributed by atoms with Gasteiger partial charge in [-0.15, -0.1) is 0 Å². The van der Waals surface area contributed by atoms with Crippen molar-refractivity contribution in [1.82, 2.24) is 9.80 Å². The van der Waals surface area contributed by atoms with Gasteiger partial charge in [-0.2, -0.15) is 0 Å². The number of carboxylic acid groups (broad SMARTS) is 1. The minimum atomic E-state index is -1.03. The van der Waals surface area contributed by atoms with Crippen LogP contribution >= 0.6 is 0 Å². The molecule has 0 bridgehead atoms. The lowest BCUT2D eigenvalue weighted by Crippen LogP contribution is -2.45. The molecular formula is C11H22N2O3S. The van der Waals surface area contributed by atoms with E-state index in [9.17, 15) is 9.00 Å². The first-order valence-electron chi connectivity index (χ1n) is 5.99. The summed E-state index contributed by atoms with van der Waals surface area (Å²) in [6, 6.07) is 0. The molecule has 2 unspecified atom stereocenters. The first-order chi connectivity index (χ1) is 7.99. The fraction of sp³-hybridized carbons (Fsp3) is 0.909. The average molecular weight is 262 g/mol. The van der Waals surface area contributed by atoms with Crippen LogP contribution < -0.4 is 0 Å². The van der Waals surface area contributed by atoms with Crippen molar-refractivity contribution in [2.75, 3.05) is 45.5 Å². The molecule has 1 rings (SSSR count). The minimum Gasteiger partial charge on any atom is -0.481 e. The molecule has 1 N–H and O–H groups in total. The van der Waals surface area contributed by atoms with Crippen LogP contribution in [0.5, 0.6) is 0 Å². The number of carboxylic acids is 1. The monoisotopic (exact) mass is 262 g/mol. The van der Waals surface area contributed by atoms with E-state index in [2.05, 4.69) is 16.8 Å². The van der Waals surface area contributed by atoms with Crippen molar-refractivity contribution in [1.29, 1.82) is 0 Å². The molecule has 1 heterocycles. The molecule has 0 aromatic rings. The Balaban J connectivity index is 2.21. The van der Waals surface area contributed by atoms with E-state index in [1.807, 2.05) is 0 Å². The molecule has 5 nitrogen and oxygen atoms in total. The number of hydrogen-bond donors (Lipinski definition) is 1. The quantitative estimate of drug-likeness (QED) is 0.721. The van der Waals surface area contributed by atoms with E-state index < -0.39 is 16.8 Å². The molecule has 0 amide bonds. The summed E-state index contributed by atoms with van der Waals surface area (Å²) in [6.45, 7) is 6.69. The standard InChI is InChI=1S/C11H22N2O3S/c1-10(9-11(14)15)17(16)8-7-13-5-3-12(2)4-6-13/h10H,3-9H2,1-2H3,(H,14,15). The highest BCUT2D eigenvalue weighted by Gasteiger charge is 2.18. The van der Waals surface area contributed by atoms with Crippen molar-refractivity contribution in [2.45, 2.75) is 18.6 Å². The maximum atomic E-state index is 11.8. The van der Waals surface area contributed by atoms with Crippen LogP contribution in [0.3, 0.4) is 0 Å². The first kappa shape index (κ1) is 14.6. The summed E-state index contributed by atoms with van der Waals surface area (Å²) in [5.74, 6) is -0.288. The van der Waals surface area contributed by atoms with Crippen LogP contribution in [0.25, 0.3) is 0 Å². The number of likely N-dealkylation sites (N-methyl/N-ethyl adjacent to an activating group) is 1. The van der Waals surface area contributed by atoms with E-state index in [1.54, 1.807) is 6.92 Å². The van der Waals surface area contributed by atoms with Gasteiger partial charge >= 0.3 is 5.97 Å². The van der Waals surface area contributed by atoms with Gasteiger partial charge in [0.15, 0.2) is 0 Å². The topological polar surface area (TPSA) is 60.9 Å². The van der Waals surface area contributed by atoms with E-state index in [4.69, 9.17) is 5.11 Å². The van der Waals surface area contributed by atoms with E-state index in [-0.39, 0.29) is 11.7 Å². The molecule has 6 heteroatoms. The maximum Gasteiger partial charge on any atom is 0.304 e. The van der Waals surface area contributed by atoms with Crippen LogP contribution in [-0.4, -0.2) is 75.9 Å². The van der Waals surface area contributed by atoms with E-state index in [0.29, 0.717) is 5.75 Å². The van der Waals surface area contributed by atoms with Crippen molar-refractivity contribution in [3.8, 4) is 0 Å². The maximum absolute atomic E-state index is 11.8. The van der Waals surface area contributed by atoms with Crippen molar-refractivity contribution >= 4 is 16.8 Å². The van der Waals surface area contributed by atoms with E-state index >= 15 is 0 Å². The Morgan fingerprint density at radius 1 is 1.35 bits per heavy atom. The van der Waals surface area contributed by atoms with E-state index in [1.165, 1.54) is 0 Å². The largest absolute Gasteiger partial charge is 0.481 e. The SMILES string of the molecule is CC(CC(=O)O)S(=O)CCN1CCN(C)CC1. The zero-order chi connectivity index (χ0) is 12.8. The molecule has 1 fully saturated rings. The summed E-state index contributed by atoms with van der Waals surface area (Å²) in [5.41, 5.74) is 0. The van der Waals surface area contributed by atoms with Crippen LogP contribution in [-0.2, 0) is 15.6 Å². The summed E-state index contributed by atoms with van der Waals surface area (Å²) >= 11 is 0. The number of hydrogen-bond acceptors (Lipinski definition) is 4. The predicted molar refractivity (Wildman–Crippen MR) is 68.7 cm³/mol. The van der Waals surface area contributed by atoms with Gasteiger partial charge in [-0.05, 0) is 7.05 Å². The average Bonchev–Trinajstić information content (AvgIpc) is 2.27. The number of carbonyl (C=O) groups is 1. The minimum absolute atomic E-state index is 0.00461. The Morgan fingerprint density at radius 2 is 1.94 bits per heavy atom. The molecular weight excluding hydrogens is 240 g/mol. The highest BCUT2D eigenvalue weighted by atomic mass is 32.2. The van der Waals surface area contributed by atoms with Crippen LogP contribution in [0, 0.1) is 0 Å². The van der Waals surface area contributed by atoms with Gasteiger partial charge in [0.05, 0.1) is 6.42 Å². The van der Waals surface area contributed by atoms with E-state index in [0.717, 1.165) is 32.7 Å². The molecule has 0 radical (unpaired) electrons. The van der Waals surface area contributed by atoms with Crippen molar-refractivity contribution in [3.63, 3.8) is 0 Å². The fourth-order valence-corrected chi connectivity index (χ4v) is 3.00. The zero-order valence-corrected chi connectivity index (χ0v) is 11.4. The third kappa shape index (κ3) is 5.61. The van der Waals surface area contributed by atoms with Gasteiger partial charge in [0, 0.05) is 54.5 Å². The predicted octanol–water partition coefficient (Wildman–Crippen LogP) is -0.154. The van der Waals surface area contributed by atoms with Crippen LogP contribution in [0.4, 0.5) is 0 Å². The Kier molecular flexibility index (Phi) is 6.08. The van der Waals surface area contributed by atoms with Gasteiger partial charge < -0.3 is 10.0 Å². The highest BCUT2D eigenvalue weighted by Crippen LogP contribution is 2.04. The van der Waals surface area contributed by atoms with Crippen LogP contribution in [0.2, 0.25) is 0 Å². The molecule has 0 aliphatic carbocycles. The van der Waals surface area contributed by atoms with Gasteiger partial charge in [-0.1, -0.05) is 6.92 Å². The molecule has 0 spiro atoms. The third-order valence-corrected chi connectivity index (χ3v) is 4.76. The fourth-order valence-electron chi connectivity index (χ4n) is 1.83. The third-order valence-electron chi connectivity index (χ3n) is 3.12. The van der Waals surface area contributed by atoms with Gasteiger partial charge in [-0.3, -0.25) is 13.9 Å². The molecule has 100 valence electrons. The lowest BCUT2D eigenvalue weighted by atomic mass is 10.3. The van der Waals surface area contributed by atoms with Crippen molar-refractivity contribution in [3.05, 3.63) is 0 Å². The molecule has 1 aliphatic rings. The van der Waals surface area contributed by atoms with Crippen molar-refractivity contribution < 1.29 is 14.1 Å².